The van der Waals surface area contributed by atoms with Crippen LogP contribution in [0, 0.1) is 11.8 Å². The monoisotopic (exact) mass is 251 g/mol. The molecule has 0 amide bonds. The predicted molar refractivity (Wildman–Crippen MR) is 65.3 cm³/mol. The molecule has 1 rings (SSSR count). The maximum Gasteiger partial charge on any atom is 0.315 e. The topological polar surface area (TPSA) is 49.7 Å². The minimum Gasteiger partial charge on any atom is -0.481 e. The smallest absolute Gasteiger partial charge is 0.315 e. The fraction of sp³-hybridized carbons (Fsp3) is 0.0909. The molecular weight excluding hydrogens is 246 g/mol. The molecule has 0 radical (unpaired) electrons. The van der Waals surface area contributed by atoms with Gasteiger partial charge in [0.15, 0.2) is 0 Å². The number of benzene rings is 1. The second-order valence-corrected chi connectivity index (χ2v) is 3.33. The SMILES string of the molecule is O=C(O)CC#Cc1ccc(N=C=S)c(Cl)c1. The van der Waals surface area contributed by atoms with Crippen LogP contribution in [0.4, 0.5) is 5.69 Å². The number of carbonyl (C=O) groups is 1. The molecule has 3 nitrogen and oxygen atoms in total. The summed E-state index contributed by atoms with van der Waals surface area (Å²) in [7, 11) is 0. The molecule has 0 heterocycles. The minimum absolute atomic E-state index is 0.197. The van der Waals surface area contributed by atoms with Gasteiger partial charge in [-0.15, -0.1) is 0 Å². The third-order valence-corrected chi connectivity index (χ3v) is 1.98. The number of thiocarbonyl (C=S) groups is 1. The van der Waals surface area contributed by atoms with Gasteiger partial charge in [0.1, 0.15) is 6.42 Å². The second kappa shape index (κ2) is 6.04. The van der Waals surface area contributed by atoms with Crippen molar-refractivity contribution in [2.75, 3.05) is 0 Å². The van der Waals surface area contributed by atoms with E-state index in [0.717, 1.165) is 0 Å². The van der Waals surface area contributed by atoms with Crippen molar-refractivity contribution in [2.24, 2.45) is 4.99 Å². The van der Waals surface area contributed by atoms with Gasteiger partial charge in [0.2, 0.25) is 0 Å². The van der Waals surface area contributed by atoms with Crippen LogP contribution in [0.2, 0.25) is 5.02 Å². The van der Waals surface area contributed by atoms with Crippen LogP contribution >= 0.6 is 23.8 Å². The summed E-state index contributed by atoms with van der Waals surface area (Å²) in [4.78, 5) is 14.0. The molecule has 80 valence electrons. The molecule has 1 N–H and O–H groups in total. The predicted octanol–water partition coefficient (Wildman–Crippen LogP) is 2.90. The van der Waals surface area contributed by atoms with Gasteiger partial charge in [-0.05, 0) is 30.4 Å². The van der Waals surface area contributed by atoms with E-state index in [2.05, 4.69) is 34.2 Å². The lowest BCUT2D eigenvalue weighted by atomic mass is 10.2. The highest BCUT2D eigenvalue weighted by atomic mass is 35.5. The van der Waals surface area contributed by atoms with Gasteiger partial charge in [-0.1, -0.05) is 23.4 Å². The van der Waals surface area contributed by atoms with Crippen molar-refractivity contribution >= 4 is 40.6 Å². The van der Waals surface area contributed by atoms with Crippen molar-refractivity contribution in [1.82, 2.24) is 0 Å². The number of hydrogen-bond donors (Lipinski definition) is 1. The lowest BCUT2D eigenvalue weighted by molar-refractivity contribution is -0.135. The third kappa shape index (κ3) is 3.84. The van der Waals surface area contributed by atoms with Crippen molar-refractivity contribution in [3.8, 4) is 11.8 Å². The van der Waals surface area contributed by atoms with Crippen LogP contribution in [0.25, 0.3) is 0 Å². The molecule has 0 saturated carbocycles. The Morgan fingerprint density at radius 1 is 1.56 bits per heavy atom. The molecule has 16 heavy (non-hydrogen) atoms. The summed E-state index contributed by atoms with van der Waals surface area (Å²) in [5.41, 5.74) is 1.15. The van der Waals surface area contributed by atoms with E-state index in [9.17, 15) is 4.79 Å². The fourth-order valence-electron chi connectivity index (χ4n) is 0.946. The zero-order valence-electron chi connectivity index (χ0n) is 8.03. The van der Waals surface area contributed by atoms with Crippen LogP contribution in [-0.4, -0.2) is 16.2 Å². The number of hydrogen-bond acceptors (Lipinski definition) is 3. The van der Waals surface area contributed by atoms with Crippen molar-refractivity contribution in [1.29, 1.82) is 0 Å². The van der Waals surface area contributed by atoms with Gasteiger partial charge in [0.05, 0.1) is 15.9 Å². The number of halogens is 1. The fourth-order valence-corrected chi connectivity index (χ4v) is 1.27. The average Bonchev–Trinajstić information content (AvgIpc) is 2.21. The van der Waals surface area contributed by atoms with Crippen LogP contribution in [-0.2, 0) is 4.79 Å². The van der Waals surface area contributed by atoms with E-state index in [1.807, 2.05) is 0 Å². The number of isothiocyanates is 1. The summed E-state index contributed by atoms with van der Waals surface area (Å²) in [5, 5.41) is 11.0. The van der Waals surface area contributed by atoms with Crippen LogP contribution in [0.15, 0.2) is 23.2 Å². The van der Waals surface area contributed by atoms with Gasteiger partial charge in [-0.3, -0.25) is 4.79 Å². The van der Waals surface area contributed by atoms with Crippen LogP contribution in [0.3, 0.4) is 0 Å². The van der Waals surface area contributed by atoms with Gasteiger partial charge in [-0.2, -0.15) is 4.99 Å². The maximum atomic E-state index is 10.2. The van der Waals surface area contributed by atoms with Crippen LogP contribution in [0.1, 0.15) is 12.0 Å². The van der Waals surface area contributed by atoms with Crippen molar-refractivity contribution in [3.05, 3.63) is 28.8 Å². The van der Waals surface area contributed by atoms with E-state index in [1.54, 1.807) is 18.2 Å². The van der Waals surface area contributed by atoms with Crippen molar-refractivity contribution in [2.45, 2.75) is 6.42 Å². The Morgan fingerprint density at radius 2 is 2.31 bits per heavy atom. The molecule has 0 aliphatic heterocycles. The highest BCUT2D eigenvalue weighted by molar-refractivity contribution is 7.78. The first-order valence-corrected chi connectivity index (χ1v) is 5.00. The van der Waals surface area contributed by atoms with Crippen molar-refractivity contribution in [3.63, 3.8) is 0 Å². The van der Waals surface area contributed by atoms with E-state index >= 15 is 0 Å². The number of aliphatic carboxylic acids is 1. The van der Waals surface area contributed by atoms with Gasteiger partial charge in [-0.25, -0.2) is 0 Å². The first-order valence-electron chi connectivity index (χ1n) is 4.21. The summed E-state index contributed by atoms with van der Waals surface area (Å²) >= 11 is 10.3. The number of carboxylic acids is 1. The van der Waals surface area contributed by atoms with Crippen LogP contribution < -0.4 is 0 Å². The quantitative estimate of drug-likeness (QED) is 0.500. The van der Waals surface area contributed by atoms with E-state index in [1.165, 1.54) is 0 Å². The molecule has 0 aliphatic rings. The molecule has 1 aromatic carbocycles. The van der Waals surface area contributed by atoms with Crippen molar-refractivity contribution < 1.29 is 9.90 Å². The Bertz CT molecular complexity index is 525. The zero-order chi connectivity index (χ0) is 12.0. The summed E-state index contributed by atoms with van der Waals surface area (Å²) in [6.07, 6.45) is -0.197. The Balaban J connectivity index is 2.91. The Kier molecular flexibility index (Phi) is 4.68. The molecule has 0 fully saturated rings. The molecule has 0 atom stereocenters. The van der Waals surface area contributed by atoms with Crippen LogP contribution in [0.5, 0.6) is 0 Å². The van der Waals surface area contributed by atoms with Gasteiger partial charge in [0, 0.05) is 5.56 Å². The maximum absolute atomic E-state index is 10.2. The van der Waals surface area contributed by atoms with Gasteiger partial charge in [0.25, 0.3) is 0 Å². The van der Waals surface area contributed by atoms with E-state index < -0.39 is 5.97 Å². The number of rotatable bonds is 2. The highest BCUT2D eigenvalue weighted by Crippen LogP contribution is 2.24. The highest BCUT2D eigenvalue weighted by Gasteiger charge is 1.98. The summed E-state index contributed by atoms with van der Waals surface area (Å²) in [5.74, 6) is 4.23. The van der Waals surface area contributed by atoms with E-state index in [4.69, 9.17) is 16.7 Å². The average molecular weight is 252 g/mol. The molecule has 0 aromatic heterocycles. The summed E-state index contributed by atoms with van der Waals surface area (Å²) < 4.78 is 0. The molecule has 0 bridgehead atoms. The summed E-state index contributed by atoms with van der Waals surface area (Å²) in [6, 6.07) is 4.93. The number of carboxylic acid groups (broad SMARTS) is 1. The third-order valence-electron chi connectivity index (χ3n) is 1.59. The normalized spacial score (nSPS) is 8.56. The molecular formula is C11H6ClNO2S. The lowest BCUT2D eigenvalue weighted by Crippen LogP contribution is -1.90. The Hall–Kier alpha value is -1.66. The number of nitrogens with zero attached hydrogens (tertiary/aromatic N) is 1. The minimum atomic E-state index is -0.958. The number of aliphatic imine (C=N–C) groups is 1. The molecule has 0 aliphatic carbocycles. The largest absolute Gasteiger partial charge is 0.481 e. The first kappa shape index (κ1) is 12.4. The van der Waals surface area contributed by atoms with E-state index in [-0.39, 0.29) is 6.42 Å². The molecule has 0 unspecified atom stereocenters. The Morgan fingerprint density at radius 3 is 2.88 bits per heavy atom. The summed E-state index contributed by atoms with van der Waals surface area (Å²) in [6.45, 7) is 0. The van der Waals surface area contributed by atoms with Gasteiger partial charge < -0.3 is 5.11 Å². The standard InChI is InChI=1S/C11H6ClNO2S/c12-9-6-8(2-1-3-11(14)15)4-5-10(9)13-7-16/h4-6H,3H2,(H,14,15). The Labute approximate surface area is 103 Å². The molecule has 5 heteroatoms. The van der Waals surface area contributed by atoms with E-state index in [0.29, 0.717) is 16.3 Å². The zero-order valence-corrected chi connectivity index (χ0v) is 9.60. The lowest BCUT2D eigenvalue weighted by Gasteiger charge is -1.96. The molecule has 0 saturated heterocycles. The first-order chi connectivity index (χ1) is 7.63. The molecule has 1 aromatic rings. The van der Waals surface area contributed by atoms with Gasteiger partial charge >= 0.3 is 5.97 Å². The second-order valence-electron chi connectivity index (χ2n) is 2.74. The molecule has 0 spiro atoms.